The zero-order valence-corrected chi connectivity index (χ0v) is 10.0. The summed E-state index contributed by atoms with van der Waals surface area (Å²) in [5.41, 5.74) is 1.96. The largest absolute Gasteiger partial charge is 0.380 e. The molecule has 84 valence electrons. The number of ether oxygens (including phenoxy) is 1. The van der Waals surface area contributed by atoms with Crippen LogP contribution in [-0.4, -0.2) is 21.3 Å². The van der Waals surface area contributed by atoms with Gasteiger partial charge in [-0.3, -0.25) is 0 Å². The molecule has 0 saturated carbocycles. The van der Waals surface area contributed by atoms with Crippen LogP contribution < -0.4 is 0 Å². The number of hydrogen-bond donors (Lipinski definition) is 0. The van der Waals surface area contributed by atoms with Crippen molar-refractivity contribution in [3.05, 3.63) is 35.4 Å². The average molecular weight is 249 g/mol. The molecule has 0 amide bonds. The molecule has 0 aliphatic heterocycles. The first kappa shape index (κ1) is 12.5. The van der Waals surface area contributed by atoms with Crippen LogP contribution in [0, 0.1) is 0 Å². The molecular weight excluding hydrogens is 236 g/mol. The summed E-state index contributed by atoms with van der Waals surface area (Å²) in [7, 11) is 3.34. The second kappa shape index (κ2) is 5.49. The average Bonchev–Trinajstić information content (AvgIpc) is 2.16. The summed E-state index contributed by atoms with van der Waals surface area (Å²) in [6.07, 6.45) is 0.422. The Bertz CT molecular complexity index is 414. The van der Waals surface area contributed by atoms with Gasteiger partial charge in [0.2, 0.25) is 9.05 Å². The highest BCUT2D eigenvalue weighted by Crippen LogP contribution is 2.12. The first-order valence-electron chi connectivity index (χ1n) is 4.51. The van der Waals surface area contributed by atoms with Crippen molar-refractivity contribution in [3.63, 3.8) is 0 Å². The minimum absolute atomic E-state index is 0.0463. The van der Waals surface area contributed by atoms with Crippen LogP contribution in [0.15, 0.2) is 24.3 Å². The van der Waals surface area contributed by atoms with Gasteiger partial charge >= 0.3 is 0 Å². The highest BCUT2D eigenvalue weighted by Gasteiger charge is 2.08. The zero-order chi connectivity index (χ0) is 11.3. The minimum atomic E-state index is -3.42. The van der Waals surface area contributed by atoms with Gasteiger partial charge in [0.25, 0.3) is 0 Å². The molecule has 0 atom stereocenters. The van der Waals surface area contributed by atoms with Crippen molar-refractivity contribution >= 4 is 19.7 Å². The molecule has 15 heavy (non-hydrogen) atoms. The van der Waals surface area contributed by atoms with Crippen LogP contribution in [0.4, 0.5) is 0 Å². The van der Waals surface area contributed by atoms with Crippen LogP contribution in [0.2, 0.25) is 0 Å². The van der Waals surface area contributed by atoms with Gasteiger partial charge in [0.15, 0.2) is 0 Å². The summed E-state index contributed by atoms with van der Waals surface area (Å²) in [6.45, 7) is 0.485. The summed E-state index contributed by atoms with van der Waals surface area (Å²) in [5.74, 6) is -0.0463. The van der Waals surface area contributed by atoms with Crippen LogP contribution in [0.5, 0.6) is 0 Å². The van der Waals surface area contributed by atoms with Crippen LogP contribution in [-0.2, 0) is 26.8 Å². The second-order valence-electron chi connectivity index (χ2n) is 3.19. The molecule has 0 fully saturated rings. The fourth-order valence-corrected chi connectivity index (χ4v) is 2.02. The smallest absolute Gasteiger partial charge is 0.232 e. The molecule has 5 heteroatoms. The van der Waals surface area contributed by atoms with Crippen LogP contribution in [0.25, 0.3) is 0 Å². The van der Waals surface area contributed by atoms with Gasteiger partial charge in [0, 0.05) is 17.8 Å². The topological polar surface area (TPSA) is 43.4 Å². The Morgan fingerprint density at radius 1 is 1.27 bits per heavy atom. The van der Waals surface area contributed by atoms with E-state index in [2.05, 4.69) is 0 Å². The van der Waals surface area contributed by atoms with Gasteiger partial charge in [-0.2, -0.15) is 0 Å². The van der Waals surface area contributed by atoms with Crippen molar-refractivity contribution in [1.29, 1.82) is 0 Å². The Labute approximate surface area is 94.4 Å². The van der Waals surface area contributed by atoms with E-state index in [4.69, 9.17) is 15.4 Å². The van der Waals surface area contributed by atoms with Gasteiger partial charge in [0.1, 0.15) is 0 Å². The molecule has 0 heterocycles. The van der Waals surface area contributed by atoms with Crippen molar-refractivity contribution in [2.24, 2.45) is 0 Å². The molecule has 1 aromatic rings. The molecule has 0 unspecified atom stereocenters. The Morgan fingerprint density at radius 2 is 1.87 bits per heavy atom. The van der Waals surface area contributed by atoms with E-state index in [9.17, 15) is 8.42 Å². The Morgan fingerprint density at radius 3 is 2.40 bits per heavy atom. The highest BCUT2D eigenvalue weighted by atomic mass is 35.7. The summed E-state index contributed by atoms with van der Waals surface area (Å²) < 4.78 is 26.6. The molecule has 1 rings (SSSR count). The molecule has 0 aliphatic rings. The Hall–Kier alpha value is -0.580. The molecule has 0 saturated heterocycles. The third kappa shape index (κ3) is 4.64. The van der Waals surface area contributed by atoms with Crippen molar-refractivity contribution in [3.8, 4) is 0 Å². The monoisotopic (exact) mass is 248 g/mol. The highest BCUT2D eigenvalue weighted by molar-refractivity contribution is 8.13. The SMILES string of the molecule is COCc1ccccc1CCS(=O)(=O)Cl. The van der Waals surface area contributed by atoms with E-state index in [1.165, 1.54) is 0 Å². The third-order valence-corrected chi connectivity index (χ3v) is 3.19. The van der Waals surface area contributed by atoms with Crippen molar-refractivity contribution < 1.29 is 13.2 Å². The Balaban J connectivity index is 2.75. The number of halogens is 1. The van der Waals surface area contributed by atoms with Crippen LogP contribution in [0.1, 0.15) is 11.1 Å². The quantitative estimate of drug-likeness (QED) is 0.748. The summed E-state index contributed by atoms with van der Waals surface area (Å²) in [4.78, 5) is 0. The fourth-order valence-electron chi connectivity index (χ4n) is 1.33. The van der Waals surface area contributed by atoms with E-state index in [-0.39, 0.29) is 5.75 Å². The van der Waals surface area contributed by atoms with Gasteiger partial charge in [0.05, 0.1) is 12.4 Å². The molecule has 0 N–H and O–H groups in total. The molecular formula is C10H13ClO3S. The molecule has 0 aromatic heterocycles. The molecule has 0 spiro atoms. The second-order valence-corrected chi connectivity index (χ2v) is 6.09. The maximum absolute atomic E-state index is 10.8. The standard InChI is InChI=1S/C10H13ClO3S/c1-14-8-10-5-3-2-4-9(10)6-7-15(11,12)13/h2-5H,6-8H2,1H3. The first-order chi connectivity index (χ1) is 7.03. The lowest BCUT2D eigenvalue weighted by Crippen LogP contribution is -2.04. The molecule has 0 bridgehead atoms. The number of rotatable bonds is 5. The van der Waals surface area contributed by atoms with Gasteiger partial charge in [-0.05, 0) is 17.5 Å². The predicted molar refractivity (Wildman–Crippen MR) is 60.5 cm³/mol. The Kier molecular flexibility index (Phi) is 4.57. The van der Waals surface area contributed by atoms with Crippen LogP contribution >= 0.6 is 10.7 Å². The number of aryl methyl sites for hydroxylation is 1. The lowest BCUT2D eigenvalue weighted by molar-refractivity contribution is 0.184. The van der Waals surface area contributed by atoms with Crippen molar-refractivity contribution in [2.75, 3.05) is 12.9 Å². The maximum atomic E-state index is 10.8. The maximum Gasteiger partial charge on any atom is 0.232 e. The molecule has 0 radical (unpaired) electrons. The molecule has 1 aromatic carbocycles. The van der Waals surface area contributed by atoms with Crippen molar-refractivity contribution in [1.82, 2.24) is 0 Å². The van der Waals surface area contributed by atoms with E-state index >= 15 is 0 Å². The predicted octanol–water partition coefficient (Wildman–Crippen LogP) is 1.94. The summed E-state index contributed by atoms with van der Waals surface area (Å²) in [5, 5.41) is 0. The molecule has 0 aliphatic carbocycles. The lowest BCUT2D eigenvalue weighted by atomic mass is 10.1. The van der Waals surface area contributed by atoms with E-state index in [0.717, 1.165) is 11.1 Å². The van der Waals surface area contributed by atoms with Crippen molar-refractivity contribution in [2.45, 2.75) is 13.0 Å². The summed E-state index contributed by atoms with van der Waals surface area (Å²) >= 11 is 0. The van der Waals surface area contributed by atoms with E-state index in [1.54, 1.807) is 7.11 Å². The number of methoxy groups -OCH3 is 1. The number of hydrogen-bond acceptors (Lipinski definition) is 3. The van der Waals surface area contributed by atoms with E-state index < -0.39 is 9.05 Å². The first-order valence-corrected chi connectivity index (χ1v) is 6.99. The lowest BCUT2D eigenvalue weighted by Gasteiger charge is -2.07. The number of benzene rings is 1. The molecule has 3 nitrogen and oxygen atoms in total. The normalized spacial score (nSPS) is 11.6. The van der Waals surface area contributed by atoms with E-state index in [0.29, 0.717) is 13.0 Å². The van der Waals surface area contributed by atoms with E-state index in [1.807, 2.05) is 24.3 Å². The fraction of sp³-hybridized carbons (Fsp3) is 0.400. The van der Waals surface area contributed by atoms with Crippen LogP contribution in [0.3, 0.4) is 0 Å². The van der Waals surface area contributed by atoms with Gasteiger partial charge in [-0.1, -0.05) is 24.3 Å². The zero-order valence-electron chi connectivity index (χ0n) is 8.44. The van der Waals surface area contributed by atoms with Gasteiger partial charge in [-0.25, -0.2) is 8.42 Å². The minimum Gasteiger partial charge on any atom is -0.380 e. The third-order valence-electron chi connectivity index (χ3n) is 2.03. The summed E-state index contributed by atoms with van der Waals surface area (Å²) in [6, 6.07) is 7.57. The van der Waals surface area contributed by atoms with Gasteiger partial charge < -0.3 is 4.74 Å². The van der Waals surface area contributed by atoms with Gasteiger partial charge in [-0.15, -0.1) is 0 Å².